The molecule has 1 aliphatic carbocycles. The summed E-state index contributed by atoms with van der Waals surface area (Å²) in [4.78, 5) is 30.0. The predicted molar refractivity (Wildman–Crippen MR) is 88.5 cm³/mol. The number of carbonyl (C=O) groups is 2. The summed E-state index contributed by atoms with van der Waals surface area (Å²) in [5.74, 6) is -0.757. The Morgan fingerprint density at radius 3 is 2.52 bits per heavy atom. The first kappa shape index (κ1) is 16.4. The van der Waals surface area contributed by atoms with Crippen LogP contribution < -0.4 is 0 Å². The molecule has 1 N–H and O–H groups in total. The lowest BCUT2D eigenvalue weighted by molar-refractivity contribution is -0.139. The zero-order valence-corrected chi connectivity index (χ0v) is 14.8. The second-order valence-corrected chi connectivity index (χ2v) is 8.77. The first-order valence-corrected chi connectivity index (χ1v) is 9.05. The molecule has 2 fully saturated rings. The number of aliphatic carboxylic acids is 1. The lowest BCUT2D eigenvalue weighted by atomic mass is 9.90. The molecule has 2 heterocycles. The van der Waals surface area contributed by atoms with Crippen LogP contribution in [-0.4, -0.2) is 40.0 Å². The van der Waals surface area contributed by atoms with Gasteiger partial charge >= 0.3 is 5.97 Å². The molecule has 5 nitrogen and oxygen atoms in total. The number of carboxylic acid groups (broad SMARTS) is 1. The zero-order chi connectivity index (χ0) is 16.8. The van der Waals surface area contributed by atoms with Gasteiger partial charge in [0, 0.05) is 23.9 Å². The third-order valence-electron chi connectivity index (χ3n) is 5.13. The number of amides is 1. The average molecular weight is 336 g/mol. The molecule has 0 aromatic carbocycles. The summed E-state index contributed by atoms with van der Waals surface area (Å²) < 4.78 is 0. The zero-order valence-electron chi connectivity index (χ0n) is 14.0. The van der Waals surface area contributed by atoms with Gasteiger partial charge in [0.2, 0.25) is 5.91 Å². The molecule has 2 aliphatic rings. The SMILES string of the molecule is CC(C)(C)c1nc(CC(=O)N2CCC3(CC2)CC3C(=O)O)cs1. The molecule has 1 aliphatic heterocycles. The Kier molecular flexibility index (Phi) is 3.99. The van der Waals surface area contributed by atoms with E-state index in [0.717, 1.165) is 30.0 Å². The number of aromatic nitrogens is 1. The van der Waals surface area contributed by atoms with Crippen molar-refractivity contribution in [3.63, 3.8) is 0 Å². The van der Waals surface area contributed by atoms with E-state index in [9.17, 15) is 9.59 Å². The maximum Gasteiger partial charge on any atom is 0.307 e. The minimum atomic E-state index is -0.679. The molecular formula is C17H24N2O3S. The van der Waals surface area contributed by atoms with Crippen molar-refractivity contribution in [1.29, 1.82) is 0 Å². The number of carbonyl (C=O) groups excluding carboxylic acids is 1. The molecule has 0 radical (unpaired) electrons. The minimum Gasteiger partial charge on any atom is -0.481 e. The first-order chi connectivity index (χ1) is 10.7. The highest BCUT2D eigenvalue weighted by atomic mass is 32.1. The van der Waals surface area contributed by atoms with Crippen LogP contribution in [0.4, 0.5) is 0 Å². The molecule has 126 valence electrons. The predicted octanol–water partition coefficient (Wildman–Crippen LogP) is 2.70. The Balaban J connectivity index is 1.54. The monoisotopic (exact) mass is 336 g/mol. The van der Waals surface area contributed by atoms with Gasteiger partial charge in [-0.2, -0.15) is 0 Å². The molecule has 1 aromatic rings. The summed E-state index contributed by atoms with van der Waals surface area (Å²) in [5, 5.41) is 12.2. The van der Waals surface area contributed by atoms with Crippen molar-refractivity contribution in [2.24, 2.45) is 11.3 Å². The van der Waals surface area contributed by atoms with Gasteiger partial charge in [-0.3, -0.25) is 9.59 Å². The Hall–Kier alpha value is -1.43. The molecule has 1 saturated carbocycles. The molecule has 1 aromatic heterocycles. The summed E-state index contributed by atoms with van der Waals surface area (Å²) in [6, 6.07) is 0. The van der Waals surface area contributed by atoms with Gasteiger partial charge in [-0.05, 0) is 24.7 Å². The normalized spacial score (nSPS) is 23.1. The number of nitrogens with zero attached hydrogens (tertiary/aromatic N) is 2. The van der Waals surface area contributed by atoms with Gasteiger partial charge in [0.25, 0.3) is 0 Å². The maximum atomic E-state index is 12.4. The Labute approximate surface area is 140 Å². The Bertz CT molecular complexity index is 624. The Morgan fingerprint density at radius 2 is 2.04 bits per heavy atom. The summed E-state index contributed by atoms with van der Waals surface area (Å²) in [5.41, 5.74) is 0.837. The van der Waals surface area contributed by atoms with Crippen LogP contribution in [0.3, 0.4) is 0 Å². The van der Waals surface area contributed by atoms with E-state index in [4.69, 9.17) is 5.11 Å². The molecule has 1 spiro atoms. The number of thiazole rings is 1. The van der Waals surface area contributed by atoms with Crippen molar-refractivity contribution in [2.75, 3.05) is 13.1 Å². The Morgan fingerprint density at radius 1 is 1.39 bits per heavy atom. The van der Waals surface area contributed by atoms with Crippen molar-refractivity contribution in [3.05, 3.63) is 16.1 Å². The number of carboxylic acids is 1. The van der Waals surface area contributed by atoms with Crippen LogP contribution in [0, 0.1) is 11.3 Å². The highest BCUT2D eigenvalue weighted by Gasteiger charge is 2.59. The molecule has 3 rings (SSSR count). The topological polar surface area (TPSA) is 70.5 Å². The lowest BCUT2D eigenvalue weighted by Crippen LogP contribution is -2.40. The summed E-state index contributed by atoms with van der Waals surface area (Å²) >= 11 is 1.61. The second-order valence-electron chi connectivity index (χ2n) is 7.91. The highest BCUT2D eigenvalue weighted by Crippen LogP contribution is 2.59. The summed E-state index contributed by atoms with van der Waals surface area (Å²) in [7, 11) is 0. The number of hydrogen-bond acceptors (Lipinski definition) is 4. The van der Waals surface area contributed by atoms with Crippen LogP contribution in [-0.2, 0) is 21.4 Å². The fraction of sp³-hybridized carbons (Fsp3) is 0.706. The van der Waals surface area contributed by atoms with E-state index in [0.29, 0.717) is 19.5 Å². The van der Waals surface area contributed by atoms with Gasteiger partial charge in [0.05, 0.1) is 23.0 Å². The van der Waals surface area contributed by atoms with Crippen LogP contribution in [0.2, 0.25) is 0 Å². The number of rotatable bonds is 3. The van der Waals surface area contributed by atoms with Crippen LogP contribution in [0.5, 0.6) is 0 Å². The summed E-state index contributed by atoms with van der Waals surface area (Å²) in [6.45, 7) is 7.72. The van der Waals surface area contributed by atoms with E-state index in [1.807, 2.05) is 10.3 Å². The number of piperidine rings is 1. The molecule has 1 amide bonds. The largest absolute Gasteiger partial charge is 0.481 e. The van der Waals surface area contributed by atoms with Crippen LogP contribution >= 0.6 is 11.3 Å². The molecule has 1 saturated heterocycles. The van der Waals surface area contributed by atoms with Gasteiger partial charge < -0.3 is 10.0 Å². The first-order valence-electron chi connectivity index (χ1n) is 8.17. The van der Waals surface area contributed by atoms with Crippen LogP contribution in [0.25, 0.3) is 0 Å². The van der Waals surface area contributed by atoms with E-state index >= 15 is 0 Å². The fourth-order valence-electron chi connectivity index (χ4n) is 3.45. The quantitative estimate of drug-likeness (QED) is 0.921. The average Bonchev–Trinajstić information content (AvgIpc) is 2.94. The van der Waals surface area contributed by atoms with Crippen molar-refractivity contribution in [2.45, 2.75) is 51.9 Å². The molecule has 1 atom stereocenters. The van der Waals surface area contributed by atoms with Gasteiger partial charge in [-0.1, -0.05) is 20.8 Å². The molecule has 0 bridgehead atoms. The molecule has 6 heteroatoms. The van der Waals surface area contributed by atoms with Gasteiger partial charge in [0.15, 0.2) is 0 Å². The fourth-order valence-corrected chi connectivity index (χ4v) is 4.36. The van der Waals surface area contributed by atoms with E-state index in [-0.39, 0.29) is 22.7 Å². The smallest absolute Gasteiger partial charge is 0.307 e. The van der Waals surface area contributed by atoms with Crippen molar-refractivity contribution in [1.82, 2.24) is 9.88 Å². The van der Waals surface area contributed by atoms with Crippen molar-refractivity contribution < 1.29 is 14.7 Å². The number of hydrogen-bond donors (Lipinski definition) is 1. The van der Waals surface area contributed by atoms with Crippen LogP contribution in [0.1, 0.15) is 50.7 Å². The standard InChI is InChI=1S/C17H24N2O3S/c1-16(2,3)15-18-11(10-23-15)8-13(20)19-6-4-17(5-7-19)9-12(17)14(21)22/h10,12H,4-9H2,1-3H3,(H,21,22). The highest BCUT2D eigenvalue weighted by molar-refractivity contribution is 7.09. The summed E-state index contributed by atoms with van der Waals surface area (Å²) in [6.07, 6.45) is 2.77. The molecular weight excluding hydrogens is 312 g/mol. The minimum absolute atomic E-state index is 0.0152. The lowest BCUT2D eigenvalue weighted by Gasteiger charge is -2.32. The van der Waals surface area contributed by atoms with E-state index < -0.39 is 5.97 Å². The van der Waals surface area contributed by atoms with Crippen molar-refractivity contribution in [3.8, 4) is 0 Å². The third kappa shape index (κ3) is 3.27. The van der Waals surface area contributed by atoms with Gasteiger partial charge in [-0.15, -0.1) is 11.3 Å². The molecule has 1 unspecified atom stereocenters. The van der Waals surface area contributed by atoms with Crippen LogP contribution in [0.15, 0.2) is 5.38 Å². The van der Waals surface area contributed by atoms with Gasteiger partial charge in [0.1, 0.15) is 0 Å². The second kappa shape index (κ2) is 5.58. The number of likely N-dealkylation sites (tertiary alicyclic amines) is 1. The van der Waals surface area contributed by atoms with Gasteiger partial charge in [-0.25, -0.2) is 4.98 Å². The third-order valence-corrected chi connectivity index (χ3v) is 6.44. The maximum absolute atomic E-state index is 12.4. The van der Waals surface area contributed by atoms with E-state index in [1.165, 1.54) is 0 Å². The van der Waals surface area contributed by atoms with Crippen molar-refractivity contribution >= 4 is 23.2 Å². The molecule has 23 heavy (non-hydrogen) atoms. The van der Waals surface area contributed by atoms with E-state index in [2.05, 4.69) is 25.8 Å². The van der Waals surface area contributed by atoms with E-state index in [1.54, 1.807) is 11.3 Å².